The Morgan fingerprint density at radius 1 is 1.70 bits per heavy atom. The first kappa shape index (κ1) is 6.67. The van der Waals surface area contributed by atoms with E-state index in [1.807, 2.05) is 0 Å². The van der Waals surface area contributed by atoms with E-state index in [9.17, 15) is 9.18 Å². The monoisotopic (exact) mass is 140 g/mol. The zero-order valence-electron chi connectivity index (χ0n) is 5.04. The van der Waals surface area contributed by atoms with Crippen LogP contribution in [0.2, 0.25) is 0 Å². The number of rotatable bonds is 1. The van der Waals surface area contributed by atoms with E-state index in [2.05, 4.69) is 4.98 Å². The molecule has 0 atom stereocenters. The van der Waals surface area contributed by atoms with E-state index in [0.717, 1.165) is 6.20 Å². The molecular weight excluding hydrogens is 135 g/mol. The van der Waals surface area contributed by atoms with Crippen LogP contribution in [0.5, 0.6) is 0 Å². The lowest BCUT2D eigenvalue weighted by molar-refractivity contribution is 0.111. The highest BCUT2D eigenvalue weighted by atomic mass is 19.1. The van der Waals surface area contributed by atoms with Crippen LogP contribution in [0.1, 0.15) is 10.4 Å². The van der Waals surface area contributed by atoms with Crippen molar-refractivity contribution in [1.82, 2.24) is 4.98 Å². The molecule has 0 spiro atoms. The molecule has 0 aliphatic carbocycles. The standard InChI is InChI=1S/C6H5FN2O/c7-6-4(3-10)1-5(8)2-9-6/h1-3H,8H2. The van der Waals surface area contributed by atoms with Crippen LogP contribution in [0, 0.1) is 5.95 Å². The van der Waals surface area contributed by atoms with Gasteiger partial charge < -0.3 is 5.73 Å². The topological polar surface area (TPSA) is 56.0 Å². The van der Waals surface area contributed by atoms with Crippen LogP contribution in [0.15, 0.2) is 12.3 Å². The fourth-order valence-electron chi connectivity index (χ4n) is 0.565. The minimum absolute atomic E-state index is 0.111. The van der Waals surface area contributed by atoms with E-state index in [0.29, 0.717) is 6.29 Å². The summed E-state index contributed by atoms with van der Waals surface area (Å²) in [6.45, 7) is 0. The number of nitrogens with two attached hydrogens (primary N) is 1. The third kappa shape index (κ3) is 1.10. The van der Waals surface area contributed by atoms with E-state index >= 15 is 0 Å². The summed E-state index contributed by atoms with van der Waals surface area (Å²) in [6.07, 6.45) is 1.53. The molecule has 0 fully saturated rings. The molecule has 0 bridgehead atoms. The van der Waals surface area contributed by atoms with Crippen molar-refractivity contribution in [2.45, 2.75) is 0 Å². The Morgan fingerprint density at radius 3 is 2.90 bits per heavy atom. The third-order valence-corrected chi connectivity index (χ3v) is 1.01. The Bertz CT molecular complexity index is 262. The van der Waals surface area contributed by atoms with Crippen molar-refractivity contribution in [3.05, 3.63) is 23.8 Å². The van der Waals surface area contributed by atoms with E-state index in [-0.39, 0.29) is 11.3 Å². The highest BCUT2D eigenvalue weighted by molar-refractivity contribution is 5.76. The molecule has 52 valence electrons. The van der Waals surface area contributed by atoms with Gasteiger partial charge in [0.2, 0.25) is 5.95 Å². The molecule has 0 radical (unpaired) electrons. The number of carbonyl (C=O) groups excluding carboxylic acids is 1. The first-order valence-electron chi connectivity index (χ1n) is 2.60. The van der Waals surface area contributed by atoms with Gasteiger partial charge in [-0.05, 0) is 6.07 Å². The second-order valence-corrected chi connectivity index (χ2v) is 1.77. The maximum absolute atomic E-state index is 12.4. The summed E-state index contributed by atoms with van der Waals surface area (Å²) in [7, 11) is 0. The molecule has 1 aromatic rings. The van der Waals surface area contributed by atoms with Gasteiger partial charge in [-0.2, -0.15) is 4.39 Å². The van der Waals surface area contributed by atoms with E-state index in [1.165, 1.54) is 6.07 Å². The van der Waals surface area contributed by atoms with Gasteiger partial charge in [0.1, 0.15) is 0 Å². The van der Waals surface area contributed by atoms with Crippen LogP contribution < -0.4 is 5.73 Å². The van der Waals surface area contributed by atoms with Crippen molar-refractivity contribution in [2.24, 2.45) is 0 Å². The lowest BCUT2D eigenvalue weighted by Gasteiger charge is -1.93. The van der Waals surface area contributed by atoms with Crippen LogP contribution >= 0.6 is 0 Å². The van der Waals surface area contributed by atoms with Gasteiger partial charge in [-0.1, -0.05) is 0 Å². The molecule has 1 rings (SSSR count). The van der Waals surface area contributed by atoms with Gasteiger partial charge in [0.25, 0.3) is 0 Å². The van der Waals surface area contributed by atoms with Crippen molar-refractivity contribution >= 4 is 12.0 Å². The highest BCUT2D eigenvalue weighted by Crippen LogP contribution is 2.05. The van der Waals surface area contributed by atoms with Crippen LogP contribution in [-0.4, -0.2) is 11.3 Å². The number of pyridine rings is 1. The number of aromatic nitrogens is 1. The largest absolute Gasteiger partial charge is 0.397 e. The van der Waals surface area contributed by atoms with E-state index in [1.54, 1.807) is 0 Å². The average molecular weight is 140 g/mol. The van der Waals surface area contributed by atoms with Crippen molar-refractivity contribution < 1.29 is 9.18 Å². The fourth-order valence-corrected chi connectivity index (χ4v) is 0.565. The summed E-state index contributed by atoms with van der Waals surface area (Å²) in [6, 6.07) is 1.23. The molecule has 0 unspecified atom stereocenters. The second-order valence-electron chi connectivity index (χ2n) is 1.77. The van der Waals surface area contributed by atoms with Gasteiger partial charge in [-0.15, -0.1) is 0 Å². The molecule has 0 aliphatic heterocycles. The lowest BCUT2D eigenvalue weighted by atomic mass is 10.3. The third-order valence-electron chi connectivity index (χ3n) is 1.01. The molecule has 0 aromatic carbocycles. The summed E-state index contributed by atoms with van der Waals surface area (Å²) in [5, 5.41) is 0. The molecular formula is C6H5FN2O. The van der Waals surface area contributed by atoms with Gasteiger partial charge in [-0.3, -0.25) is 4.79 Å². The summed E-state index contributed by atoms with van der Waals surface area (Å²) in [5.74, 6) is -0.788. The van der Waals surface area contributed by atoms with Crippen molar-refractivity contribution in [1.29, 1.82) is 0 Å². The number of aldehydes is 1. The summed E-state index contributed by atoms with van der Waals surface area (Å²) in [5.41, 5.74) is 5.38. The number of hydrogen-bond donors (Lipinski definition) is 1. The Kier molecular flexibility index (Phi) is 1.62. The lowest BCUT2D eigenvalue weighted by Crippen LogP contribution is -1.94. The molecule has 0 aliphatic rings. The van der Waals surface area contributed by atoms with Crippen molar-refractivity contribution in [3.63, 3.8) is 0 Å². The molecule has 10 heavy (non-hydrogen) atoms. The van der Waals surface area contributed by atoms with Crippen molar-refractivity contribution in [2.75, 3.05) is 5.73 Å². The zero-order valence-corrected chi connectivity index (χ0v) is 5.04. The van der Waals surface area contributed by atoms with Gasteiger partial charge in [0.05, 0.1) is 17.4 Å². The Morgan fingerprint density at radius 2 is 2.40 bits per heavy atom. The van der Waals surface area contributed by atoms with E-state index in [4.69, 9.17) is 5.73 Å². The molecule has 0 saturated heterocycles. The van der Waals surface area contributed by atoms with Crippen LogP contribution in [0.25, 0.3) is 0 Å². The molecule has 1 aromatic heterocycles. The number of anilines is 1. The maximum Gasteiger partial charge on any atom is 0.223 e. The quantitative estimate of drug-likeness (QED) is 0.459. The molecule has 0 amide bonds. The zero-order chi connectivity index (χ0) is 7.56. The SMILES string of the molecule is Nc1cnc(F)c(C=O)c1. The highest BCUT2D eigenvalue weighted by Gasteiger charge is 2.00. The Labute approximate surface area is 56.7 Å². The summed E-state index contributed by atoms with van der Waals surface area (Å²) >= 11 is 0. The van der Waals surface area contributed by atoms with Gasteiger partial charge >= 0.3 is 0 Å². The predicted molar refractivity (Wildman–Crippen MR) is 34.0 cm³/mol. The predicted octanol–water partition coefficient (Wildman–Crippen LogP) is 0.615. The molecule has 4 heteroatoms. The first-order chi connectivity index (χ1) is 4.74. The minimum Gasteiger partial charge on any atom is -0.397 e. The molecule has 1 heterocycles. The maximum atomic E-state index is 12.4. The normalized spacial score (nSPS) is 9.30. The molecule has 0 saturated carbocycles. The Balaban J connectivity index is 3.21. The van der Waals surface area contributed by atoms with Crippen LogP contribution in [0.3, 0.4) is 0 Å². The first-order valence-corrected chi connectivity index (χ1v) is 2.60. The smallest absolute Gasteiger partial charge is 0.223 e. The number of hydrogen-bond acceptors (Lipinski definition) is 3. The Hall–Kier alpha value is -1.45. The molecule has 3 nitrogen and oxygen atoms in total. The molecule has 2 N–H and O–H groups in total. The number of nitrogens with zero attached hydrogens (tertiary/aromatic N) is 1. The minimum atomic E-state index is -0.788. The van der Waals surface area contributed by atoms with Gasteiger partial charge in [0, 0.05) is 0 Å². The van der Waals surface area contributed by atoms with Gasteiger partial charge in [-0.25, -0.2) is 4.98 Å². The average Bonchev–Trinajstić information content (AvgIpc) is 1.94. The number of nitrogen functional groups attached to an aromatic ring is 1. The number of carbonyl (C=O) groups is 1. The van der Waals surface area contributed by atoms with Gasteiger partial charge in [0.15, 0.2) is 6.29 Å². The number of halogens is 1. The second kappa shape index (κ2) is 2.43. The summed E-state index contributed by atoms with van der Waals surface area (Å²) < 4.78 is 12.4. The fraction of sp³-hybridized carbons (Fsp3) is 0. The van der Waals surface area contributed by atoms with Crippen molar-refractivity contribution in [3.8, 4) is 0 Å². The van der Waals surface area contributed by atoms with Crippen LogP contribution in [-0.2, 0) is 0 Å². The van der Waals surface area contributed by atoms with E-state index < -0.39 is 5.95 Å². The van der Waals surface area contributed by atoms with Crippen LogP contribution in [0.4, 0.5) is 10.1 Å². The summed E-state index contributed by atoms with van der Waals surface area (Å²) in [4.78, 5) is 13.3.